The molecular formula is C27H37N3O6Pd. The van der Waals surface area contributed by atoms with Gasteiger partial charge >= 0.3 is 38.7 Å². The largest absolute Gasteiger partial charge is 2.00 e. The van der Waals surface area contributed by atoms with Gasteiger partial charge in [0, 0.05) is 12.2 Å². The fourth-order valence-electron chi connectivity index (χ4n) is 2.89. The molecule has 2 N–H and O–H groups in total. The van der Waals surface area contributed by atoms with Crippen LogP contribution in [0.15, 0.2) is 42.5 Å². The maximum Gasteiger partial charge on any atom is 2.00 e. The average molecular weight is 606 g/mol. The van der Waals surface area contributed by atoms with Gasteiger partial charge in [0.1, 0.15) is 11.2 Å². The van der Waals surface area contributed by atoms with E-state index in [4.69, 9.17) is 14.2 Å². The molecule has 0 unspecified atom stereocenters. The van der Waals surface area contributed by atoms with Gasteiger partial charge < -0.3 is 21.6 Å². The molecule has 10 heteroatoms. The number of carbonyl (C=O) groups is 3. The first-order chi connectivity index (χ1) is 16.3. The molecule has 0 heterocycles. The van der Waals surface area contributed by atoms with Gasteiger partial charge in [0.05, 0.1) is 18.0 Å². The van der Waals surface area contributed by atoms with Crippen molar-refractivity contribution in [2.75, 3.05) is 22.1 Å². The van der Waals surface area contributed by atoms with E-state index in [1.165, 1.54) is 4.90 Å². The maximum atomic E-state index is 13.1. The second kappa shape index (κ2) is 14.6. The monoisotopic (exact) mass is 605 g/mol. The van der Waals surface area contributed by atoms with Crippen LogP contribution >= 0.6 is 0 Å². The van der Waals surface area contributed by atoms with Gasteiger partial charge in [-0.15, -0.1) is 5.56 Å². The van der Waals surface area contributed by atoms with Gasteiger partial charge in [0.15, 0.2) is 0 Å². The third-order valence-electron chi connectivity index (χ3n) is 4.20. The van der Waals surface area contributed by atoms with Crippen molar-refractivity contribution in [3.8, 4) is 0 Å². The van der Waals surface area contributed by atoms with E-state index in [-0.39, 0.29) is 52.4 Å². The van der Waals surface area contributed by atoms with E-state index in [1.54, 1.807) is 78.8 Å². The summed E-state index contributed by atoms with van der Waals surface area (Å²) in [4.78, 5) is 39.1. The average Bonchev–Trinajstić information content (AvgIpc) is 2.71. The Morgan fingerprint density at radius 3 is 1.97 bits per heavy atom. The van der Waals surface area contributed by atoms with Gasteiger partial charge in [-0.25, -0.2) is 14.4 Å². The third kappa shape index (κ3) is 12.1. The number of ether oxygens (including phenoxy) is 3. The van der Waals surface area contributed by atoms with Crippen molar-refractivity contribution < 1.29 is 49.0 Å². The molecule has 2 aromatic rings. The number of nitrogens with zero attached hydrogens (tertiary/aromatic N) is 1. The van der Waals surface area contributed by atoms with Crippen molar-refractivity contribution in [2.24, 2.45) is 0 Å². The van der Waals surface area contributed by atoms with Crippen LogP contribution in [0.3, 0.4) is 0 Å². The Kier molecular flexibility index (Phi) is 13.4. The van der Waals surface area contributed by atoms with Gasteiger partial charge in [0.2, 0.25) is 0 Å². The van der Waals surface area contributed by atoms with E-state index in [1.807, 2.05) is 12.1 Å². The van der Waals surface area contributed by atoms with Gasteiger partial charge in [-0.1, -0.05) is 0 Å². The molecule has 3 amide bonds. The number of carbonyl (C=O) groups excluding carboxylic acids is 3. The fraction of sp³-hybridized carbons (Fsp3) is 0.407. The molecule has 0 bridgehead atoms. The summed E-state index contributed by atoms with van der Waals surface area (Å²) in [7, 11) is 0. The SMILES string of the molecule is CCOC(=O)Nc1ccc(N(Cc2cc[c-]cc2)C(=O)OC(C)(C)C)cc1NC(=O)OC(C)(C)C.[CH3-].[Pd+2]. The Labute approximate surface area is 233 Å². The Morgan fingerprint density at radius 2 is 1.43 bits per heavy atom. The number of benzene rings is 2. The van der Waals surface area contributed by atoms with Crippen molar-refractivity contribution in [3.05, 3.63) is 61.5 Å². The second-order valence-electron chi connectivity index (χ2n) is 9.68. The molecule has 0 aliphatic rings. The summed E-state index contributed by atoms with van der Waals surface area (Å²) in [6, 6.07) is 14.9. The standard InChI is InChI=1S/C26H34N3O6.CH3.Pd/c1-8-33-22(30)27-20-15-14-19(16-21(20)28-23(31)34-25(2,3)4)29(24(32)35-26(5,6)7)17-18-12-10-9-11-13-18;;/h10-16H,8,17H2,1-7H3,(H,27,30)(H,28,31);1H3;/q2*-1;+2. The van der Waals surface area contributed by atoms with Crippen LogP contribution in [0.2, 0.25) is 0 Å². The Balaban J connectivity index is 0.00000648. The topological polar surface area (TPSA) is 106 Å². The molecule has 0 fully saturated rings. The first-order valence-electron chi connectivity index (χ1n) is 11.3. The molecule has 0 radical (unpaired) electrons. The van der Waals surface area contributed by atoms with Gasteiger partial charge in [-0.2, -0.15) is 30.3 Å². The summed E-state index contributed by atoms with van der Waals surface area (Å²) < 4.78 is 15.9. The minimum atomic E-state index is -0.733. The number of hydrogen-bond acceptors (Lipinski definition) is 6. The van der Waals surface area contributed by atoms with Gasteiger partial charge in [0.25, 0.3) is 0 Å². The van der Waals surface area contributed by atoms with Crippen molar-refractivity contribution >= 4 is 35.3 Å². The molecule has 0 aliphatic carbocycles. The van der Waals surface area contributed by atoms with Crippen LogP contribution in [0.1, 0.15) is 54.0 Å². The van der Waals surface area contributed by atoms with E-state index < -0.39 is 29.5 Å². The molecule has 2 aromatic carbocycles. The van der Waals surface area contributed by atoms with Crippen molar-refractivity contribution in [1.29, 1.82) is 0 Å². The molecule has 0 aromatic heterocycles. The molecule has 0 spiro atoms. The molecule has 0 saturated carbocycles. The van der Waals surface area contributed by atoms with Crippen molar-refractivity contribution in [3.63, 3.8) is 0 Å². The normalized spacial score (nSPS) is 10.7. The zero-order valence-electron chi connectivity index (χ0n) is 22.7. The number of hydrogen-bond donors (Lipinski definition) is 2. The predicted molar refractivity (Wildman–Crippen MR) is 141 cm³/mol. The number of anilines is 3. The molecule has 37 heavy (non-hydrogen) atoms. The molecule has 0 atom stereocenters. The van der Waals surface area contributed by atoms with Crippen LogP contribution in [-0.2, 0) is 41.2 Å². The van der Waals surface area contributed by atoms with Crippen LogP contribution in [0.5, 0.6) is 0 Å². The Bertz CT molecular complexity index is 1030. The van der Waals surface area contributed by atoms with Gasteiger partial charge in [-0.3, -0.25) is 15.5 Å². The summed E-state index contributed by atoms with van der Waals surface area (Å²) in [5.41, 5.74) is 0.334. The Morgan fingerprint density at radius 1 is 0.865 bits per heavy atom. The third-order valence-corrected chi connectivity index (χ3v) is 4.20. The summed E-state index contributed by atoms with van der Waals surface area (Å²) in [6.07, 6.45) is -1.97. The van der Waals surface area contributed by atoms with Crippen LogP contribution in [-0.4, -0.2) is 36.1 Å². The van der Waals surface area contributed by atoms with E-state index in [0.29, 0.717) is 5.69 Å². The number of amides is 3. The quantitative estimate of drug-likeness (QED) is 0.213. The van der Waals surface area contributed by atoms with Crippen molar-refractivity contribution in [2.45, 2.75) is 66.2 Å². The molecule has 0 aliphatic heterocycles. The predicted octanol–water partition coefficient (Wildman–Crippen LogP) is 6.79. The zero-order chi connectivity index (χ0) is 26.2. The molecule has 2 rings (SSSR count). The van der Waals surface area contributed by atoms with E-state index in [0.717, 1.165) is 5.56 Å². The van der Waals surface area contributed by atoms with Crippen LogP contribution in [0.4, 0.5) is 31.4 Å². The summed E-state index contributed by atoms with van der Waals surface area (Å²) in [5.74, 6) is 0. The summed E-state index contributed by atoms with van der Waals surface area (Å²) >= 11 is 0. The minimum Gasteiger partial charge on any atom is -0.450 e. The first kappa shape index (κ1) is 33.9. The molecule has 0 saturated heterocycles. The van der Waals surface area contributed by atoms with Crippen LogP contribution in [0.25, 0.3) is 0 Å². The first-order valence-corrected chi connectivity index (χ1v) is 11.3. The Hall–Kier alpha value is -3.09. The minimum absolute atomic E-state index is 0. The molecule has 206 valence electrons. The van der Waals surface area contributed by atoms with Crippen LogP contribution in [0, 0.1) is 13.5 Å². The number of nitrogens with one attached hydrogen (secondary N) is 2. The smallest absolute Gasteiger partial charge is 0.450 e. The summed E-state index contributed by atoms with van der Waals surface area (Å²) in [6.45, 7) is 12.6. The maximum absolute atomic E-state index is 13.1. The van der Waals surface area contributed by atoms with E-state index >= 15 is 0 Å². The van der Waals surface area contributed by atoms with E-state index in [2.05, 4.69) is 16.7 Å². The molecular weight excluding hydrogens is 569 g/mol. The number of rotatable bonds is 6. The zero-order valence-corrected chi connectivity index (χ0v) is 24.2. The molecule has 9 nitrogen and oxygen atoms in total. The van der Waals surface area contributed by atoms with Crippen LogP contribution < -0.4 is 15.5 Å². The van der Waals surface area contributed by atoms with Gasteiger partial charge in [-0.05, 0) is 66.7 Å². The van der Waals surface area contributed by atoms with E-state index in [9.17, 15) is 14.4 Å². The summed E-state index contributed by atoms with van der Waals surface area (Å²) in [5, 5.41) is 5.24. The fourth-order valence-corrected chi connectivity index (χ4v) is 2.89. The van der Waals surface area contributed by atoms with Crippen molar-refractivity contribution in [1.82, 2.24) is 0 Å². The second-order valence-corrected chi connectivity index (χ2v) is 9.68.